The van der Waals surface area contributed by atoms with Crippen LogP contribution in [0.3, 0.4) is 0 Å². The standard InChI is InChI=1S/C71H80BN3S/c1-41-31-60-64-61(32-41)74-56-39-52-48(33-42(56)2)68(10,11)29-30-69(52,12)51-40-57-53(36-47(51)65(3,4)5)70(13)25-17-18-26-71(70,14)75(57)44-22-24-54(58(74)34-44)72(64)55-37-49-50(67(8,9)28-27-66(49,6)7)38-59(55)73(60)43-21-23-46-45-19-15-16-20-62(45)76-63(46)35-43/h15-16,19-24,31-38,40,54,56,58H,17-18,25-30,39H2,1-14H3. The fourth-order valence-corrected chi connectivity index (χ4v) is 19.1. The normalized spacial score (nSPS) is 29.8. The molecule has 5 heteroatoms. The number of hydrogen-bond acceptors (Lipinski definition) is 4. The number of nitrogens with zero attached hydrogens (tertiary/aromatic N) is 3. The number of rotatable bonds is 1. The van der Waals surface area contributed by atoms with Crippen molar-refractivity contribution in [2.24, 2.45) is 5.41 Å². The van der Waals surface area contributed by atoms with Gasteiger partial charge in [0.25, 0.3) is 0 Å². The second-order valence-electron chi connectivity index (χ2n) is 29.5. The van der Waals surface area contributed by atoms with E-state index in [1.165, 1.54) is 133 Å². The maximum absolute atomic E-state index is 3.04. The Morgan fingerprint density at radius 2 is 1.34 bits per heavy atom. The first-order valence-corrected chi connectivity index (χ1v) is 30.4. The lowest BCUT2D eigenvalue weighted by Gasteiger charge is -2.57. The fourth-order valence-electron chi connectivity index (χ4n) is 18.0. The van der Waals surface area contributed by atoms with E-state index in [4.69, 9.17) is 0 Å². The molecule has 0 saturated heterocycles. The van der Waals surface area contributed by atoms with E-state index in [2.05, 4.69) is 215 Å². The Hall–Kier alpha value is -5.26. The van der Waals surface area contributed by atoms with E-state index in [-0.39, 0.29) is 62.6 Å². The Bertz CT molecular complexity index is 3730. The molecule has 6 bridgehead atoms. The molecule has 6 aromatic rings. The summed E-state index contributed by atoms with van der Waals surface area (Å²) in [5.74, 6) is 0.230. The molecule has 5 aromatic carbocycles. The second-order valence-corrected chi connectivity index (χ2v) is 30.6. The summed E-state index contributed by atoms with van der Waals surface area (Å²) in [6.07, 6.45) is 21.7. The van der Waals surface area contributed by atoms with Crippen molar-refractivity contribution in [3.05, 3.63) is 159 Å². The van der Waals surface area contributed by atoms with Gasteiger partial charge in [-0.1, -0.05) is 149 Å². The van der Waals surface area contributed by atoms with Crippen LogP contribution in [-0.2, 0) is 27.1 Å². The molecule has 388 valence electrons. The number of aryl methyl sites for hydroxylation is 1. The minimum Gasteiger partial charge on any atom is -0.358 e. The number of fused-ring (bicyclic) bond motifs is 16. The van der Waals surface area contributed by atoms with Crippen molar-refractivity contribution in [1.29, 1.82) is 0 Å². The predicted molar refractivity (Wildman–Crippen MR) is 328 cm³/mol. The van der Waals surface area contributed by atoms with E-state index >= 15 is 0 Å². The largest absolute Gasteiger partial charge is 0.358 e. The van der Waals surface area contributed by atoms with Gasteiger partial charge in [0.2, 0.25) is 6.71 Å². The average Bonchev–Trinajstić information content (AvgIpc) is 3.76. The highest BCUT2D eigenvalue weighted by atomic mass is 32.1. The van der Waals surface area contributed by atoms with E-state index in [9.17, 15) is 0 Å². The molecule has 0 spiro atoms. The lowest BCUT2D eigenvalue weighted by molar-refractivity contribution is 0.191. The van der Waals surface area contributed by atoms with Gasteiger partial charge in [-0.05, 0) is 198 Å². The van der Waals surface area contributed by atoms with Crippen LogP contribution >= 0.6 is 11.3 Å². The van der Waals surface area contributed by atoms with Crippen LogP contribution in [0.1, 0.15) is 181 Å². The third-order valence-corrected chi connectivity index (χ3v) is 23.9. The molecular weight excluding hydrogens is 938 g/mol. The molecule has 1 aromatic heterocycles. The van der Waals surface area contributed by atoms with Crippen LogP contribution in [0.2, 0.25) is 5.82 Å². The van der Waals surface area contributed by atoms with Gasteiger partial charge in [0.1, 0.15) is 0 Å². The van der Waals surface area contributed by atoms with Gasteiger partial charge in [-0.15, -0.1) is 11.3 Å². The third kappa shape index (κ3) is 6.08. The highest BCUT2D eigenvalue weighted by molar-refractivity contribution is 7.25. The summed E-state index contributed by atoms with van der Waals surface area (Å²) in [7, 11) is 0. The third-order valence-electron chi connectivity index (χ3n) is 22.7. The minimum absolute atomic E-state index is 0.00841. The second kappa shape index (κ2) is 15.1. The van der Waals surface area contributed by atoms with E-state index in [0.717, 1.165) is 6.42 Å². The van der Waals surface area contributed by atoms with Crippen LogP contribution in [-0.4, -0.2) is 24.3 Å². The molecule has 3 nitrogen and oxygen atoms in total. The van der Waals surface area contributed by atoms with Crippen molar-refractivity contribution in [2.45, 2.75) is 205 Å². The topological polar surface area (TPSA) is 9.72 Å². The number of benzene rings is 5. The molecule has 5 heterocycles. The monoisotopic (exact) mass is 1020 g/mol. The Kier molecular flexibility index (Phi) is 9.52. The van der Waals surface area contributed by atoms with Crippen LogP contribution in [0.25, 0.3) is 20.2 Å². The van der Waals surface area contributed by atoms with Crippen LogP contribution in [0.4, 0.5) is 28.4 Å². The Balaban J connectivity index is 1.04. The summed E-state index contributed by atoms with van der Waals surface area (Å²) < 4.78 is 2.72. The van der Waals surface area contributed by atoms with Gasteiger partial charge >= 0.3 is 0 Å². The SMILES string of the molecule is CC1=CC2=C3CC1N1c4cc(C)cc5c4B(c4cc6c(cc4N5c4ccc5c(c4)sc4ccccc45)C(C)(C)CCC6(C)C)C4C=CC(=CC41)N1c4cc(c(C(C)(C)C)cc4C4(C)CCCCC14C)C3(C)CCC2(C)C. The summed E-state index contributed by atoms with van der Waals surface area (Å²) in [6.45, 7) is 35.8. The molecule has 5 aliphatic carbocycles. The van der Waals surface area contributed by atoms with Crippen molar-refractivity contribution in [2.75, 3.05) is 14.7 Å². The first kappa shape index (κ1) is 47.9. The van der Waals surface area contributed by atoms with Crippen molar-refractivity contribution in [1.82, 2.24) is 0 Å². The molecule has 6 atom stereocenters. The highest BCUT2D eigenvalue weighted by Gasteiger charge is 2.61. The van der Waals surface area contributed by atoms with Crippen molar-refractivity contribution in [3.8, 4) is 0 Å². The van der Waals surface area contributed by atoms with Gasteiger partial charge in [-0.3, -0.25) is 0 Å². The zero-order chi connectivity index (χ0) is 52.8. The molecular formula is C71H80BN3S. The smallest absolute Gasteiger partial charge is 0.226 e. The average molecular weight is 1020 g/mol. The Morgan fingerprint density at radius 1 is 0.645 bits per heavy atom. The van der Waals surface area contributed by atoms with E-state index < -0.39 is 0 Å². The van der Waals surface area contributed by atoms with Gasteiger partial charge in [-0.25, -0.2) is 0 Å². The van der Waals surface area contributed by atoms with Crippen LogP contribution in [0.15, 0.2) is 126 Å². The Morgan fingerprint density at radius 3 is 2.12 bits per heavy atom. The molecule has 0 N–H and O–H groups in total. The minimum atomic E-state index is -0.109. The van der Waals surface area contributed by atoms with E-state index in [0.29, 0.717) is 0 Å². The Labute approximate surface area is 459 Å². The quantitative estimate of drug-likeness (QED) is 0.152. The molecule has 76 heavy (non-hydrogen) atoms. The molecule has 0 radical (unpaired) electrons. The lowest BCUT2D eigenvalue weighted by atomic mass is 9.28. The van der Waals surface area contributed by atoms with Gasteiger partial charge in [0, 0.05) is 65.1 Å². The van der Waals surface area contributed by atoms with Gasteiger partial charge < -0.3 is 14.7 Å². The molecule has 15 rings (SSSR count). The van der Waals surface area contributed by atoms with Crippen molar-refractivity contribution >= 4 is 77.6 Å². The van der Waals surface area contributed by atoms with Crippen LogP contribution in [0.5, 0.6) is 0 Å². The van der Waals surface area contributed by atoms with Gasteiger partial charge in [0.05, 0.1) is 17.6 Å². The molecule has 9 aliphatic rings. The molecule has 4 aliphatic heterocycles. The summed E-state index contributed by atoms with van der Waals surface area (Å²) >= 11 is 1.94. The predicted octanol–water partition coefficient (Wildman–Crippen LogP) is 17.6. The number of anilines is 5. The molecule has 6 unspecified atom stereocenters. The first-order valence-electron chi connectivity index (χ1n) is 29.6. The summed E-state index contributed by atoms with van der Waals surface area (Å²) in [5.41, 5.74) is 25.5. The summed E-state index contributed by atoms with van der Waals surface area (Å²) in [6, 6.07) is 33.0. The van der Waals surface area contributed by atoms with E-state index in [1.807, 2.05) is 11.3 Å². The zero-order valence-corrected chi connectivity index (χ0v) is 49.1. The number of hydrogen-bond donors (Lipinski definition) is 0. The van der Waals surface area contributed by atoms with Crippen molar-refractivity contribution in [3.63, 3.8) is 0 Å². The molecule has 0 amide bonds. The van der Waals surface area contributed by atoms with Gasteiger partial charge in [-0.2, -0.15) is 0 Å². The van der Waals surface area contributed by atoms with Gasteiger partial charge in [0.15, 0.2) is 0 Å². The molecule has 1 saturated carbocycles. The first-order chi connectivity index (χ1) is 35.9. The maximum Gasteiger partial charge on any atom is 0.226 e. The highest BCUT2D eigenvalue weighted by Crippen LogP contribution is 2.65. The maximum atomic E-state index is 3.04. The van der Waals surface area contributed by atoms with Crippen LogP contribution < -0.4 is 25.6 Å². The number of allylic oxidation sites excluding steroid dienone is 3. The zero-order valence-electron chi connectivity index (χ0n) is 48.2. The fraction of sp³-hybridized carbons (Fsp3) is 0.465. The molecule has 1 fully saturated rings. The van der Waals surface area contributed by atoms with Crippen LogP contribution in [0, 0.1) is 12.3 Å². The van der Waals surface area contributed by atoms with Crippen molar-refractivity contribution < 1.29 is 0 Å². The summed E-state index contributed by atoms with van der Waals surface area (Å²) in [4.78, 5) is 8.73. The lowest BCUT2D eigenvalue weighted by Crippen LogP contribution is -2.65. The number of thiophene rings is 1. The van der Waals surface area contributed by atoms with E-state index in [1.54, 1.807) is 33.4 Å². The summed E-state index contributed by atoms with van der Waals surface area (Å²) in [5, 5.41) is 2.72.